The van der Waals surface area contributed by atoms with Crippen molar-refractivity contribution in [1.29, 1.82) is 5.26 Å². The Bertz CT molecular complexity index is 1630. The molecule has 0 amide bonds. The van der Waals surface area contributed by atoms with Crippen molar-refractivity contribution in [2.24, 2.45) is 0 Å². The number of aryl methyl sites for hydroxylation is 1. The Hall–Kier alpha value is -4.37. The van der Waals surface area contributed by atoms with E-state index in [1.165, 1.54) is 11.1 Å². The van der Waals surface area contributed by atoms with Gasteiger partial charge < -0.3 is 14.4 Å². The number of benzene rings is 2. The third kappa shape index (κ3) is 4.80. The molecule has 38 heavy (non-hydrogen) atoms. The van der Waals surface area contributed by atoms with Crippen molar-refractivity contribution in [2.75, 3.05) is 11.4 Å². The van der Waals surface area contributed by atoms with E-state index in [0.717, 1.165) is 48.1 Å². The van der Waals surface area contributed by atoms with Gasteiger partial charge in [-0.1, -0.05) is 43.7 Å². The molecule has 0 radical (unpaired) electrons. The van der Waals surface area contributed by atoms with E-state index in [1.807, 2.05) is 18.2 Å². The minimum atomic E-state index is -1.22. The quantitative estimate of drug-likeness (QED) is 0.234. The summed E-state index contributed by atoms with van der Waals surface area (Å²) in [5.41, 5.74) is 6.27. The number of carboxylic acid groups (broad SMARTS) is 1. The van der Waals surface area contributed by atoms with Crippen molar-refractivity contribution in [2.45, 2.75) is 51.9 Å². The number of nitriles is 1. The van der Waals surface area contributed by atoms with Crippen LogP contribution in [0.3, 0.4) is 0 Å². The molecular weight excluding hydrogens is 476 g/mol. The van der Waals surface area contributed by atoms with Crippen LogP contribution in [0.4, 0.5) is 11.4 Å². The van der Waals surface area contributed by atoms with Gasteiger partial charge in [-0.25, -0.2) is 9.59 Å². The normalized spacial score (nSPS) is 18.2. The summed E-state index contributed by atoms with van der Waals surface area (Å²) in [5, 5.41) is 19.3. The molecule has 2 aromatic carbocycles. The topological polar surface area (TPSA) is 94.5 Å². The molecule has 2 heterocycles. The average Bonchev–Trinajstić information content (AvgIpc) is 2.88. The highest BCUT2D eigenvalue weighted by Crippen LogP contribution is 2.44. The molecule has 0 fully saturated rings. The number of aliphatic carboxylic acids is 1. The molecule has 3 aromatic rings. The first-order valence-corrected chi connectivity index (χ1v) is 12.9. The predicted molar refractivity (Wildman–Crippen MR) is 150 cm³/mol. The summed E-state index contributed by atoms with van der Waals surface area (Å²) in [5.74, 6) is -1.22. The second-order valence-electron chi connectivity index (χ2n) is 10.7. The fraction of sp³-hybridized carbons (Fsp3) is 0.281. The second-order valence-corrected chi connectivity index (χ2v) is 10.7. The molecule has 5 rings (SSSR count). The first-order valence-electron chi connectivity index (χ1n) is 12.9. The first-order chi connectivity index (χ1) is 18.2. The van der Waals surface area contributed by atoms with Crippen LogP contribution < -0.4 is 10.5 Å². The molecule has 2 aliphatic rings. The average molecular weight is 507 g/mol. The van der Waals surface area contributed by atoms with E-state index in [9.17, 15) is 20.0 Å². The van der Waals surface area contributed by atoms with Gasteiger partial charge in [0.15, 0.2) is 0 Å². The number of rotatable bonds is 4. The monoisotopic (exact) mass is 506 g/mol. The fourth-order valence-electron chi connectivity index (χ4n) is 5.33. The Balaban J connectivity index is 1.54. The molecule has 1 aliphatic carbocycles. The molecule has 1 aromatic heterocycles. The van der Waals surface area contributed by atoms with Gasteiger partial charge in [-0.2, -0.15) is 5.26 Å². The van der Waals surface area contributed by atoms with Gasteiger partial charge in [0.05, 0.1) is 5.56 Å². The summed E-state index contributed by atoms with van der Waals surface area (Å²) in [7, 11) is 0. The SMILES string of the molecule is Cc1ccc(N2CCC(C)(C)c3cc4cc(/C=C/C5=CC(=C(\C#N)C(=O)O)/CCC5)c(=O)oc4cc32)cc1. The third-order valence-corrected chi connectivity index (χ3v) is 7.60. The van der Waals surface area contributed by atoms with E-state index < -0.39 is 11.6 Å². The number of fused-ring (bicyclic) bond motifs is 2. The summed E-state index contributed by atoms with van der Waals surface area (Å²) >= 11 is 0. The van der Waals surface area contributed by atoms with E-state index in [-0.39, 0.29) is 11.0 Å². The van der Waals surface area contributed by atoms with E-state index in [4.69, 9.17) is 4.42 Å². The smallest absolute Gasteiger partial charge is 0.346 e. The van der Waals surface area contributed by atoms with Gasteiger partial charge in [0.25, 0.3) is 0 Å². The van der Waals surface area contributed by atoms with E-state index in [0.29, 0.717) is 23.1 Å². The number of nitrogens with zero attached hydrogens (tertiary/aromatic N) is 2. The summed E-state index contributed by atoms with van der Waals surface area (Å²) in [6.45, 7) is 7.44. The fourth-order valence-corrected chi connectivity index (χ4v) is 5.33. The number of allylic oxidation sites excluding steroid dienone is 4. The van der Waals surface area contributed by atoms with Crippen LogP contribution in [0.25, 0.3) is 17.0 Å². The van der Waals surface area contributed by atoms with Gasteiger partial charge in [-0.3, -0.25) is 0 Å². The zero-order valence-corrected chi connectivity index (χ0v) is 21.9. The maximum atomic E-state index is 12.9. The van der Waals surface area contributed by atoms with Crippen LogP contribution in [0, 0.1) is 18.3 Å². The van der Waals surface area contributed by atoms with Gasteiger partial charge in [0.1, 0.15) is 17.2 Å². The number of hydrogen-bond donors (Lipinski definition) is 1. The van der Waals surface area contributed by atoms with Crippen molar-refractivity contribution in [3.05, 3.63) is 98.4 Å². The number of carboxylic acids is 1. The zero-order valence-electron chi connectivity index (χ0n) is 21.9. The Kier molecular flexibility index (Phi) is 6.54. The van der Waals surface area contributed by atoms with Crippen molar-refractivity contribution in [3.63, 3.8) is 0 Å². The highest BCUT2D eigenvalue weighted by atomic mass is 16.4. The minimum Gasteiger partial charge on any atom is -0.477 e. The Labute approximate surface area is 221 Å². The first kappa shape index (κ1) is 25.3. The largest absolute Gasteiger partial charge is 0.477 e. The van der Waals surface area contributed by atoms with Crippen LogP contribution in [0.15, 0.2) is 80.5 Å². The van der Waals surface area contributed by atoms with Crippen LogP contribution in [0.1, 0.15) is 56.2 Å². The minimum absolute atomic E-state index is 0.0326. The molecule has 0 saturated heterocycles. The molecule has 0 atom stereocenters. The summed E-state index contributed by atoms with van der Waals surface area (Å²) in [6.07, 6.45) is 8.31. The highest BCUT2D eigenvalue weighted by Gasteiger charge is 2.32. The lowest BCUT2D eigenvalue weighted by atomic mass is 9.77. The van der Waals surface area contributed by atoms with Crippen LogP contribution in [-0.2, 0) is 10.2 Å². The van der Waals surface area contributed by atoms with Crippen LogP contribution in [-0.4, -0.2) is 17.6 Å². The molecule has 1 N–H and O–H groups in total. The van der Waals surface area contributed by atoms with Crippen molar-refractivity contribution >= 4 is 34.4 Å². The number of anilines is 2. The molecule has 0 saturated carbocycles. The molecule has 0 spiro atoms. The van der Waals surface area contributed by atoms with E-state index >= 15 is 0 Å². The molecular formula is C32H30N2O4. The molecule has 0 bridgehead atoms. The second kappa shape index (κ2) is 9.83. The summed E-state index contributed by atoms with van der Waals surface area (Å²) in [4.78, 5) is 26.6. The molecule has 6 heteroatoms. The highest BCUT2D eigenvalue weighted by molar-refractivity contribution is 5.92. The third-order valence-electron chi connectivity index (χ3n) is 7.60. The van der Waals surface area contributed by atoms with Gasteiger partial charge in [0, 0.05) is 29.4 Å². The maximum absolute atomic E-state index is 12.9. The van der Waals surface area contributed by atoms with Gasteiger partial charge >= 0.3 is 11.6 Å². The standard InChI is InChI=1S/C32H30N2O4/c1-20-7-11-25(12-8-20)34-14-13-32(2,3)27-17-24-16-23(31(37)38-29(24)18-28(27)34)10-9-21-5-4-6-22(15-21)26(19-33)30(35)36/h7-12,15-18H,4-6,13-14H2,1-3H3,(H,35,36)/b10-9+,26-22+. The molecule has 6 nitrogen and oxygen atoms in total. The lowest BCUT2D eigenvalue weighted by Crippen LogP contribution is -2.34. The number of carbonyl (C=O) groups is 1. The van der Waals surface area contributed by atoms with Crippen molar-refractivity contribution < 1.29 is 14.3 Å². The molecule has 1 aliphatic heterocycles. The van der Waals surface area contributed by atoms with Crippen LogP contribution in [0.5, 0.6) is 0 Å². The molecule has 192 valence electrons. The van der Waals surface area contributed by atoms with Gasteiger partial charge in [0.2, 0.25) is 0 Å². The Morgan fingerprint density at radius 1 is 1.13 bits per heavy atom. The van der Waals surface area contributed by atoms with Gasteiger partial charge in [-0.05, 0) is 85.1 Å². The maximum Gasteiger partial charge on any atom is 0.346 e. The van der Waals surface area contributed by atoms with E-state index in [2.05, 4.69) is 56.0 Å². The zero-order chi connectivity index (χ0) is 27.0. The summed E-state index contributed by atoms with van der Waals surface area (Å²) in [6, 6.07) is 16.2. The van der Waals surface area contributed by atoms with Crippen molar-refractivity contribution in [3.8, 4) is 6.07 Å². The number of hydrogen-bond acceptors (Lipinski definition) is 5. The van der Waals surface area contributed by atoms with Crippen LogP contribution >= 0.6 is 0 Å². The predicted octanol–water partition coefficient (Wildman–Crippen LogP) is 6.95. The van der Waals surface area contributed by atoms with Crippen molar-refractivity contribution in [1.82, 2.24) is 0 Å². The Morgan fingerprint density at radius 2 is 1.89 bits per heavy atom. The van der Waals surface area contributed by atoms with Crippen LogP contribution in [0.2, 0.25) is 0 Å². The molecule has 0 unspecified atom stereocenters. The summed E-state index contributed by atoms with van der Waals surface area (Å²) < 4.78 is 5.80. The van der Waals surface area contributed by atoms with Gasteiger partial charge in [-0.15, -0.1) is 0 Å². The lowest BCUT2D eigenvalue weighted by Gasteiger charge is -2.40. The lowest BCUT2D eigenvalue weighted by molar-refractivity contribution is -0.132. The Morgan fingerprint density at radius 3 is 2.61 bits per heavy atom. The van der Waals surface area contributed by atoms with E-state index in [1.54, 1.807) is 18.2 Å².